The molecule has 1 saturated carbocycles. The average molecular weight is 318 g/mol. The topological polar surface area (TPSA) is 62.7 Å². The molecule has 1 N–H and O–H groups in total. The van der Waals surface area contributed by atoms with Crippen LogP contribution in [-0.4, -0.2) is 40.3 Å². The van der Waals surface area contributed by atoms with E-state index in [1.165, 1.54) is 0 Å². The fraction of sp³-hybridized carbons (Fsp3) is 0.667. The summed E-state index contributed by atoms with van der Waals surface area (Å²) in [6, 6.07) is 3.77. The highest BCUT2D eigenvalue weighted by Gasteiger charge is 2.64. The molecule has 2 fully saturated rings. The van der Waals surface area contributed by atoms with E-state index in [2.05, 4.69) is 25.8 Å². The van der Waals surface area contributed by atoms with Crippen molar-refractivity contribution in [1.29, 1.82) is 0 Å². The summed E-state index contributed by atoms with van der Waals surface area (Å²) in [5.74, 6) is 1.39. The third-order valence-electron chi connectivity index (χ3n) is 5.78. The molecular formula is C18H26N2O3. The van der Waals surface area contributed by atoms with Crippen LogP contribution in [0.5, 0.6) is 5.75 Å². The predicted molar refractivity (Wildman–Crippen MR) is 87.5 cm³/mol. The number of pyridine rings is 1. The van der Waals surface area contributed by atoms with Gasteiger partial charge in [0.05, 0.1) is 12.8 Å². The Morgan fingerprint density at radius 3 is 2.91 bits per heavy atom. The van der Waals surface area contributed by atoms with Crippen LogP contribution in [0.2, 0.25) is 0 Å². The van der Waals surface area contributed by atoms with Crippen LogP contribution in [0.25, 0.3) is 0 Å². The van der Waals surface area contributed by atoms with Crippen LogP contribution in [0.1, 0.15) is 40.0 Å². The van der Waals surface area contributed by atoms with Gasteiger partial charge in [0.25, 0.3) is 0 Å². The zero-order valence-electron chi connectivity index (χ0n) is 14.2. The van der Waals surface area contributed by atoms with Gasteiger partial charge in [-0.25, -0.2) is 4.79 Å². The SMILES string of the molecule is CC(C)(C)[C@@]12C[C@@H]1C[C@@H](CCOc1cccnc1)N(C(=O)O)C2. The number of aromatic nitrogens is 1. The zero-order chi connectivity index (χ0) is 16.7. The van der Waals surface area contributed by atoms with Gasteiger partial charge in [-0.15, -0.1) is 0 Å². The molecule has 23 heavy (non-hydrogen) atoms. The van der Waals surface area contributed by atoms with Gasteiger partial charge in [0, 0.05) is 25.2 Å². The number of hydrogen-bond donors (Lipinski definition) is 1. The second kappa shape index (κ2) is 5.69. The number of carbonyl (C=O) groups is 1. The maximum Gasteiger partial charge on any atom is 0.407 e. The van der Waals surface area contributed by atoms with Gasteiger partial charge in [-0.05, 0) is 41.7 Å². The summed E-state index contributed by atoms with van der Waals surface area (Å²) in [6.07, 6.45) is 5.43. The quantitative estimate of drug-likeness (QED) is 0.920. The molecule has 5 heteroatoms. The Morgan fingerprint density at radius 1 is 1.52 bits per heavy atom. The molecule has 2 heterocycles. The molecule has 1 aromatic rings. The van der Waals surface area contributed by atoms with Gasteiger partial charge in [0.15, 0.2) is 0 Å². The number of amides is 1. The van der Waals surface area contributed by atoms with Gasteiger partial charge < -0.3 is 14.7 Å². The molecule has 0 aromatic carbocycles. The highest BCUT2D eigenvalue weighted by molar-refractivity contribution is 5.66. The van der Waals surface area contributed by atoms with Gasteiger partial charge in [-0.1, -0.05) is 20.8 Å². The van der Waals surface area contributed by atoms with Gasteiger partial charge in [0.1, 0.15) is 5.75 Å². The van der Waals surface area contributed by atoms with Crippen molar-refractivity contribution in [3.63, 3.8) is 0 Å². The van der Waals surface area contributed by atoms with Crippen molar-refractivity contribution in [3.8, 4) is 5.75 Å². The summed E-state index contributed by atoms with van der Waals surface area (Å²) in [6.45, 7) is 7.89. The van der Waals surface area contributed by atoms with E-state index < -0.39 is 6.09 Å². The number of fused-ring (bicyclic) bond motifs is 1. The van der Waals surface area contributed by atoms with Gasteiger partial charge >= 0.3 is 6.09 Å². The number of likely N-dealkylation sites (tertiary alicyclic amines) is 1. The second-order valence-electron chi connectivity index (χ2n) is 7.93. The van der Waals surface area contributed by atoms with Crippen LogP contribution in [0.3, 0.4) is 0 Å². The lowest BCUT2D eigenvalue weighted by molar-refractivity contribution is 0.0363. The minimum Gasteiger partial charge on any atom is -0.492 e. The van der Waals surface area contributed by atoms with Crippen LogP contribution in [0, 0.1) is 16.7 Å². The monoisotopic (exact) mass is 318 g/mol. The van der Waals surface area contributed by atoms with Crippen molar-refractivity contribution in [3.05, 3.63) is 24.5 Å². The van der Waals surface area contributed by atoms with Crippen LogP contribution in [0.4, 0.5) is 4.79 Å². The summed E-state index contributed by atoms with van der Waals surface area (Å²) in [5, 5.41) is 9.62. The molecular weight excluding hydrogens is 292 g/mol. The lowest BCUT2D eigenvalue weighted by Crippen LogP contribution is -2.50. The fourth-order valence-corrected chi connectivity index (χ4v) is 4.17. The van der Waals surface area contributed by atoms with Crippen LogP contribution in [0.15, 0.2) is 24.5 Å². The largest absolute Gasteiger partial charge is 0.492 e. The van der Waals surface area contributed by atoms with Crippen LogP contribution < -0.4 is 4.74 Å². The number of ether oxygens (including phenoxy) is 1. The standard InChI is InChI=1S/C18H26N2O3/c1-17(2,3)18-10-13(18)9-14(20(12-18)16(21)22)6-8-23-15-5-4-7-19-11-15/h4-5,7,11,13-14H,6,8-10,12H2,1-3H3,(H,21,22)/t13-,14+,18+/m0/s1. The zero-order valence-corrected chi connectivity index (χ0v) is 14.2. The summed E-state index contributed by atoms with van der Waals surface area (Å²) < 4.78 is 5.70. The Kier molecular flexibility index (Phi) is 3.98. The molecule has 1 aliphatic carbocycles. The van der Waals surface area contributed by atoms with E-state index >= 15 is 0 Å². The summed E-state index contributed by atoms with van der Waals surface area (Å²) in [4.78, 5) is 17.4. The Bertz CT molecular complexity index is 569. The van der Waals surface area contributed by atoms with Crippen molar-refractivity contribution in [1.82, 2.24) is 9.88 Å². The smallest absolute Gasteiger partial charge is 0.407 e. The van der Waals surface area contributed by atoms with Crippen molar-refractivity contribution in [2.45, 2.75) is 46.1 Å². The minimum absolute atomic E-state index is 0.0622. The molecule has 0 spiro atoms. The molecule has 1 amide bonds. The first kappa shape index (κ1) is 16.1. The highest BCUT2D eigenvalue weighted by Crippen LogP contribution is 2.67. The van der Waals surface area contributed by atoms with E-state index in [1.807, 2.05) is 12.1 Å². The molecule has 3 atom stereocenters. The first-order valence-electron chi connectivity index (χ1n) is 8.36. The maximum absolute atomic E-state index is 11.7. The Hall–Kier alpha value is -1.78. The minimum atomic E-state index is -0.801. The number of piperidine rings is 1. The molecule has 0 radical (unpaired) electrons. The number of hydrogen-bond acceptors (Lipinski definition) is 3. The predicted octanol–water partition coefficient (Wildman–Crippen LogP) is 3.66. The van der Waals surface area contributed by atoms with E-state index in [0.717, 1.165) is 25.0 Å². The Balaban J connectivity index is 1.61. The summed E-state index contributed by atoms with van der Waals surface area (Å²) in [7, 11) is 0. The maximum atomic E-state index is 11.7. The highest BCUT2D eigenvalue weighted by atomic mass is 16.5. The normalized spacial score (nSPS) is 29.8. The first-order chi connectivity index (χ1) is 10.8. The first-order valence-corrected chi connectivity index (χ1v) is 8.36. The number of rotatable bonds is 4. The van der Waals surface area contributed by atoms with Gasteiger partial charge in [0.2, 0.25) is 0 Å². The molecule has 3 rings (SSSR count). The Morgan fingerprint density at radius 2 is 2.30 bits per heavy atom. The molecule has 0 unspecified atom stereocenters. The van der Waals surface area contributed by atoms with E-state index in [9.17, 15) is 9.90 Å². The third kappa shape index (κ3) is 3.01. The van der Waals surface area contributed by atoms with E-state index in [0.29, 0.717) is 19.1 Å². The van der Waals surface area contributed by atoms with E-state index in [4.69, 9.17) is 4.74 Å². The molecule has 126 valence electrons. The lowest BCUT2D eigenvalue weighted by atomic mass is 9.73. The van der Waals surface area contributed by atoms with Crippen LogP contribution in [-0.2, 0) is 0 Å². The molecule has 1 aromatic heterocycles. The molecule has 1 saturated heterocycles. The second-order valence-corrected chi connectivity index (χ2v) is 7.93. The molecule has 5 nitrogen and oxygen atoms in total. The van der Waals surface area contributed by atoms with Crippen molar-refractivity contribution < 1.29 is 14.6 Å². The van der Waals surface area contributed by atoms with Gasteiger partial charge in [-0.3, -0.25) is 4.98 Å². The molecule has 1 aliphatic heterocycles. The van der Waals surface area contributed by atoms with E-state index in [-0.39, 0.29) is 16.9 Å². The average Bonchev–Trinajstić information content (AvgIpc) is 3.22. The summed E-state index contributed by atoms with van der Waals surface area (Å²) >= 11 is 0. The Labute approximate surface area is 137 Å². The van der Waals surface area contributed by atoms with Crippen molar-refractivity contribution in [2.24, 2.45) is 16.7 Å². The van der Waals surface area contributed by atoms with Gasteiger partial charge in [-0.2, -0.15) is 0 Å². The number of carboxylic acid groups (broad SMARTS) is 1. The fourth-order valence-electron chi connectivity index (χ4n) is 4.17. The van der Waals surface area contributed by atoms with Crippen molar-refractivity contribution in [2.75, 3.05) is 13.2 Å². The lowest BCUT2D eigenvalue weighted by Gasteiger charge is -2.43. The van der Waals surface area contributed by atoms with Crippen LogP contribution >= 0.6 is 0 Å². The third-order valence-corrected chi connectivity index (χ3v) is 5.78. The molecule has 2 aliphatic rings. The molecule has 0 bridgehead atoms. The van der Waals surface area contributed by atoms with Crippen molar-refractivity contribution >= 4 is 6.09 Å². The van der Waals surface area contributed by atoms with E-state index in [1.54, 1.807) is 17.3 Å². The summed E-state index contributed by atoms with van der Waals surface area (Å²) in [5.41, 5.74) is 0.328. The number of nitrogens with zero attached hydrogens (tertiary/aromatic N) is 2.